The van der Waals surface area contributed by atoms with Crippen molar-refractivity contribution in [2.24, 2.45) is 0 Å². The van der Waals surface area contributed by atoms with E-state index in [2.05, 4.69) is 21.4 Å². The molecule has 5 aromatic rings. The molecule has 0 unspecified atom stereocenters. The summed E-state index contributed by atoms with van der Waals surface area (Å²) in [6.07, 6.45) is 3.49. The lowest BCUT2D eigenvalue weighted by atomic mass is 10.1. The number of benzene rings is 3. The number of anilines is 2. The molecular formula is C24H18N4O. The van der Waals surface area contributed by atoms with Crippen molar-refractivity contribution in [3.8, 4) is 0 Å². The normalized spacial score (nSPS) is 11.1. The van der Waals surface area contributed by atoms with Crippen molar-refractivity contribution in [2.45, 2.75) is 0 Å². The number of hydrogen-bond donors (Lipinski definition) is 1. The zero-order valence-corrected chi connectivity index (χ0v) is 15.8. The zero-order valence-electron chi connectivity index (χ0n) is 15.8. The van der Waals surface area contributed by atoms with Crippen molar-refractivity contribution in [3.05, 3.63) is 85.2 Å². The van der Waals surface area contributed by atoms with Crippen molar-refractivity contribution >= 4 is 50.0 Å². The molecule has 3 aromatic carbocycles. The molecule has 0 fully saturated rings. The Morgan fingerprint density at radius 2 is 1.52 bits per heavy atom. The highest BCUT2D eigenvalue weighted by atomic mass is 16.2. The maximum Gasteiger partial charge on any atom is 0.326 e. The van der Waals surface area contributed by atoms with E-state index in [9.17, 15) is 4.79 Å². The van der Waals surface area contributed by atoms with Gasteiger partial charge in [-0.3, -0.25) is 14.9 Å². The topological polar surface area (TPSA) is 58.1 Å². The molecule has 2 aromatic heterocycles. The molecule has 1 N–H and O–H groups in total. The number of fused-ring (bicyclic) bond motifs is 4. The molecule has 0 bridgehead atoms. The van der Waals surface area contributed by atoms with Crippen LogP contribution in [-0.4, -0.2) is 23.0 Å². The molecule has 0 spiro atoms. The van der Waals surface area contributed by atoms with Gasteiger partial charge in [-0.25, -0.2) is 4.79 Å². The van der Waals surface area contributed by atoms with E-state index in [1.165, 1.54) is 0 Å². The first-order valence-corrected chi connectivity index (χ1v) is 9.37. The summed E-state index contributed by atoms with van der Waals surface area (Å²) in [7, 11) is 1.76. The Bertz CT molecular complexity index is 1380. The van der Waals surface area contributed by atoms with Crippen LogP contribution in [0, 0.1) is 0 Å². The average molecular weight is 378 g/mol. The third kappa shape index (κ3) is 3.02. The summed E-state index contributed by atoms with van der Waals surface area (Å²) in [6, 6.07) is 23.5. The molecule has 0 aliphatic heterocycles. The summed E-state index contributed by atoms with van der Waals surface area (Å²) in [5.41, 5.74) is 3.08. The fourth-order valence-corrected chi connectivity index (χ4v) is 3.59. The summed E-state index contributed by atoms with van der Waals surface area (Å²) in [5.74, 6) is 0. The smallest absolute Gasteiger partial charge is 0.305 e. The summed E-state index contributed by atoms with van der Waals surface area (Å²) in [6.45, 7) is 0. The number of carbonyl (C=O) groups excluding carboxylic acids is 1. The predicted octanol–water partition coefficient (Wildman–Crippen LogP) is 5.60. The van der Waals surface area contributed by atoms with E-state index in [0.717, 1.165) is 38.3 Å². The third-order valence-electron chi connectivity index (χ3n) is 5.12. The van der Waals surface area contributed by atoms with Crippen LogP contribution in [0.4, 0.5) is 16.2 Å². The number of rotatable bonds is 2. The standard InChI is InChI=1S/C24H18N4O/c1-28(19-11-10-16-6-2-3-7-17(16)14-19)24(29)27-21-15-18-8-4-12-25-22(18)20-9-5-13-26-23(20)21/h2-15H,1H3,(H,27,29). The number of pyridine rings is 2. The molecule has 2 heterocycles. The minimum atomic E-state index is -0.226. The molecule has 2 amide bonds. The van der Waals surface area contributed by atoms with Gasteiger partial charge >= 0.3 is 6.03 Å². The van der Waals surface area contributed by atoms with Gasteiger partial charge in [-0.05, 0) is 47.2 Å². The number of amides is 2. The van der Waals surface area contributed by atoms with Crippen LogP contribution >= 0.6 is 0 Å². The van der Waals surface area contributed by atoms with Crippen LogP contribution < -0.4 is 10.2 Å². The number of carbonyl (C=O) groups is 1. The van der Waals surface area contributed by atoms with Gasteiger partial charge in [0.05, 0.1) is 16.7 Å². The quantitative estimate of drug-likeness (QED) is 0.407. The molecule has 0 aliphatic carbocycles. The highest BCUT2D eigenvalue weighted by molar-refractivity contribution is 6.13. The van der Waals surface area contributed by atoms with Crippen molar-refractivity contribution in [1.29, 1.82) is 0 Å². The maximum atomic E-state index is 13.0. The van der Waals surface area contributed by atoms with Crippen LogP contribution in [0.3, 0.4) is 0 Å². The van der Waals surface area contributed by atoms with E-state index in [4.69, 9.17) is 0 Å². The largest absolute Gasteiger partial charge is 0.326 e. The molecule has 0 saturated heterocycles. The zero-order chi connectivity index (χ0) is 19.8. The second-order valence-corrected chi connectivity index (χ2v) is 6.92. The van der Waals surface area contributed by atoms with Crippen LogP contribution in [0.25, 0.3) is 32.6 Å². The average Bonchev–Trinajstić information content (AvgIpc) is 2.78. The monoisotopic (exact) mass is 378 g/mol. The fraction of sp³-hybridized carbons (Fsp3) is 0.0417. The van der Waals surface area contributed by atoms with E-state index >= 15 is 0 Å². The Kier molecular flexibility index (Phi) is 4.06. The van der Waals surface area contributed by atoms with E-state index in [0.29, 0.717) is 5.69 Å². The first-order chi connectivity index (χ1) is 14.2. The molecule has 0 aliphatic rings. The highest BCUT2D eigenvalue weighted by Crippen LogP contribution is 2.30. The number of nitrogens with one attached hydrogen (secondary N) is 1. The lowest BCUT2D eigenvalue weighted by molar-refractivity contribution is 0.258. The van der Waals surface area contributed by atoms with Crippen LogP contribution in [0.2, 0.25) is 0 Å². The number of urea groups is 1. The third-order valence-corrected chi connectivity index (χ3v) is 5.12. The van der Waals surface area contributed by atoms with E-state index in [1.54, 1.807) is 24.3 Å². The summed E-state index contributed by atoms with van der Waals surface area (Å²) >= 11 is 0. The first kappa shape index (κ1) is 17.1. The van der Waals surface area contributed by atoms with Crippen molar-refractivity contribution in [3.63, 3.8) is 0 Å². The minimum Gasteiger partial charge on any atom is -0.305 e. The molecule has 29 heavy (non-hydrogen) atoms. The Labute approximate surface area is 167 Å². The lowest BCUT2D eigenvalue weighted by Gasteiger charge is -2.19. The highest BCUT2D eigenvalue weighted by Gasteiger charge is 2.15. The molecule has 0 saturated carbocycles. The Hall–Kier alpha value is -3.99. The number of hydrogen-bond acceptors (Lipinski definition) is 3. The van der Waals surface area contributed by atoms with Crippen LogP contribution in [0.5, 0.6) is 0 Å². The van der Waals surface area contributed by atoms with Gasteiger partial charge in [0.25, 0.3) is 0 Å². The van der Waals surface area contributed by atoms with Gasteiger partial charge < -0.3 is 5.32 Å². The van der Waals surface area contributed by atoms with Crippen molar-refractivity contribution in [1.82, 2.24) is 9.97 Å². The number of nitrogens with zero attached hydrogens (tertiary/aromatic N) is 3. The molecule has 5 rings (SSSR count). The van der Waals surface area contributed by atoms with E-state index in [1.807, 2.05) is 66.7 Å². The SMILES string of the molecule is CN(C(=O)Nc1cc2cccnc2c2cccnc12)c1ccc2ccccc2c1. The summed E-state index contributed by atoms with van der Waals surface area (Å²) in [5, 5.41) is 7.12. The minimum absolute atomic E-state index is 0.226. The van der Waals surface area contributed by atoms with Gasteiger partial charge in [-0.1, -0.05) is 36.4 Å². The summed E-state index contributed by atoms with van der Waals surface area (Å²) in [4.78, 5) is 23.6. The van der Waals surface area contributed by atoms with Gasteiger partial charge in [0.1, 0.15) is 0 Å². The molecule has 140 valence electrons. The Morgan fingerprint density at radius 3 is 2.38 bits per heavy atom. The predicted molar refractivity (Wildman–Crippen MR) is 118 cm³/mol. The number of aromatic nitrogens is 2. The van der Waals surface area contributed by atoms with Crippen molar-refractivity contribution in [2.75, 3.05) is 17.3 Å². The Morgan fingerprint density at radius 1 is 0.793 bits per heavy atom. The van der Waals surface area contributed by atoms with E-state index < -0.39 is 0 Å². The van der Waals surface area contributed by atoms with E-state index in [-0.39, 0.29) is 6.03 Å². The fourth-order valence-electron chi connectivity index (χ4n) is 3.59. The maximum absolute atomic E-state index is 13.0. The lowest BCUT2D eigenvalue weighted by Crippen LogP contribution is -2.31. The van der Waals surface area contributed by atoms with Crippen LogP contribution in [0.15, 0.2) is 85.2 Å². The van der Waals surface area contributed by atoms with Crippen LogP contribution in [0.1, 0.15) is 0 Å². The molecule has 5 heteroatoms. The van der Waals surface area contributed by atoms with Gasteiger partial charge in [-0.2, -0.15) is 0 Å². The second-order valence-electron chi connectivity index (χ2n) is 6.92. The van der Waals surface area contributed by atoms with Crippen LogP contribution in [-0.2, 0) is 0 Å². The molecule has 5 nitrogen and oxygen atoms in total. The van der Waals surface area contributed by atoms with Gasteiger partial charge in [-0.15, -0.1) is 0 Å². The van der Waals surface area contributed by atoms with Crippen molar-refractivity contribution < 1.29 is 4.79 Å². The molecular weight excluding hydrogens is 360 g/mol. The van der Waals surface area contributed by atoms with Gasteiger partial charge in [0, 0.05) is 35.9 Å². The molecule has 0 atom stereocenters. The first-order valence-electron chi connectivity index (χ1n) is 9.37. The summed E-state index contributed by atoms with van der Waals surface area (Å²) < 4.78 is 0. The molecule has 0 radical (unpaired) electrons. The van der Waals surface area contributed by atoms with Gasteiger partial charge in [0.2, 0.25) is 0 Å². The second kappa shape index (κ2) is 6.87. The van der Waals surface area contributed by atoms with Gasteiger partial charge in [0.15, 0.2) is 0 Å². The Balaban J connectivity index is 1.53.